The molecule has 32 heavy (non-hydrogen) atoms. The van der Waals surface area contributed by atoms with Crippen LogP contribution >= 0.6 is 23.2 Å². The van der Waals surface area contributed by atoms with Crippen molar-refractivity contribution in [1.29, 1.82) is 0 Å². The molecule has 0 aromatic heterocycles. The number of carbonyl (C=O) groups is 3. The minimum absolute atomic E-state index is 0.00649. The van der Waals surface area contributed by atoms with E-state index in [0.29, 0.717) is 11.4 Å². The smallest absolute Gasteiger partial charge is 0.288 e. The average Bonchev–Trinajstić information content (AvgIpc) is 2.75. The number of rotatable bonds is 8. The molecule has 2 aromatic rings. The zero-order chi connectivity index (χ0) is 22.9. The lowest BCUT2D eigenvalue weighted by Gasteiger charge is -2.63. The monoisotopic (exact) mass is 478 g/mol. The Kier molecular flexibility index (Phi) is 6.40. The van der Waals surface area contributed by atoms with Gasteiger partial charge < -0.3 is 15.4 Å². The number of ether oxygens (including phenoxy) is 1. The third-order valence-corrected chi connectivity index (χ3v) is 6.74. The molecule has 0 heterocycles. The number of ketones is 1. The van der Waals surface area contributed by atoms with Crippen molar-refractivity contribution in [3.63, 3.8) is 0 Å². The molecule has 3 unspecified atom stereocenters. The standard InChI is InChI=1S/C23H21Cl2FN2O4/c24-14-3-1-13(2-4-14)9-20(29)22(31)28-23-8-7-16(23)19(11-23)27-21(30)12-32-15-5-6-17(25)18(26)10-15/h1-6,10,16,19H,7-9,11-12H2,(H,27,30)(H,28,31). The van der Waals surface area contributed by atoms with Crippen molar-refractivity contribution in [2.45, 2.75) is 37.3 Å². The first-order valence-corrected chi connectivity index (χ1v) is 11.0. The number of Topliss-reactive ketones (excluding diaryl/α,β-unsaturated/α-hetero) is 1. The van der Waals surface area contributed by atoms with Crippen LogP contribution in [0.2, 0.25) is 10.0 Å². The summed E-state index contributed by atoms with van der Waals surface area (Å²) in [6.07, 6.45) is 2.18. The molecule has 2 amide bonds. The van der Waals surface area contributed by atoms with Crippen molar-refractivity contribution in [3.05, 3.63) is 63.9 Å². The summed E-state index contributed by atoms with van der Waals surface area (Å²) in [4.78, 5) is 36.9. The SMILES string of the molecule is O=C(COc1ccc(Cl)c(F)c1)NC1CC2(NC(=O)C(=O)Cc3ccc(Cl)cc3)CCC12. The normalized spacial score (nSPS) is 23.2. The van der Waals surface area contributed by atoms with Gasteiger partial charge in [0.1, 0.15) is 11.6 Å². The van der Waals surface area contributed by atoms with Crippen LogP contribution in [0.15, 0.2) is 42.5 Å². The van der Waals surface area contributed by atoms with E-state index >= 15 is 0 Å². The lowest BCUT2D eigenvalue weighted by Crippen LogP contribution is -2.76. The van der Waals surface area contributed by atoms with Crippen LogP contribution in [-0.4, -0.2) is 35.8 Å². The first-order valence-electron chi connectivity index (χ1n) is 10.2. The number of hydrogen-bond donors (Lipinski definition) is 2. The summed E-state index contributed by atoms with van der Waals surface area (Å²) >= 11 is 11.5. The number of benzene rings is 2. The lowest BCUT2D eigenvalue weighted by molar-refractivity contribution is -0.146. The van der Waals surface area contributed by atoms with Gasteiger partial charge in [-0.1, -0.05) is 35.3 Å². The minimum atomic E-state index is -0.621. The van der Waals surface area contributed by atoms with Crippen LogP contribution in [0.3, 0.4) is 0 Å². The highest BCUT2D eigenvalue weighted by Gasteiger charge is 2.61. The van der Waals surface area contributed by atoms with Gasteiger partial charge in [-0.2, -0.15) is 0 Å². The summed E-state index contributed by atoms with van der Waals surface area (Å²) in [5.74, 6) is -1.79. The summed E-state index contributed by atoms with van der Waals surface area (Å²) in [5.41, 5.74) is 0.279. The van der Waals surface area contributed by atoms with Crippen molar-refractivity contribution in [2.24, 2.45) is 5.92 Å². The summed E-state index contributed by atoms with van der Waals surface area (Å²) in [7, 11) is 0. The van der Waals surface area contributed by atoms with Crippen LogP contribution in [0.5, 0.6) is 5.75 Å². The molecule has 4 rings (SSSR count). The van der Waals surface area contributed by atoms with Gasteiger partial charge in [-0.15, -0.1) is 0 Å². The molecule has 2 aliphatic rings. The molecular formula is C23H21Cl2FN2O4. The van der Waals surface area contributed by atoms with Crippen molar-refractivity contribution in [2.75, 3.05) is 6.61 Å². The van der Waals surface area contributed by atoms with Gasteiger partial charge in [0.25, 0.3) is 11.8 Å². The molecule has 2 N–H and O–H groups in total. The van der Waals surface area contributed by atoms with E-state index in [-0.39, 0.29) is 41.7 Å². The molecule has 168 valence electrons. The van der Waals surface area contributed by atoms with Gasteiger partial charge in [-0.25, -0.2) is 4.39 Å². The van der Waals surface area contributed by atoms with Gasteiger partial charge in [-0.3, -0.25) is 14.4 Å². The summed E-state index contributed by atoms with van der Waals surface area (Å²) < 4.78 is 18.7. The third-order valence-electron chi connectivity index (χ3n) is 6.18. The van der Waals surface area contributed by atoms with Crippen molar-refractivity contribution in [3.8, 4) is 5.75 Å². The van der Waals surface area contributed by atoms with Crippen LogP contribution in [-0.2, 0) is 20.8 Å². The number of amides is 2. The Labute approximate surface area is 194 Å². The zero-order valence-corrected chi connectivity index (χ0v) is 18.5. The van der Waals surface area contributed by atoms with Crippen LogP contribution in [0, 0.1) is 11.7 Å². The van der Waals surface area contributed by atoms with E-state index in [4.69, 9.17) is 27.9 Å². The van der Waals surface area contributed by atoms with E-state index in [9.17, 15) is 18.8 Å². The molecule has 2 aromatic carbocycles. The summed E-state index contributed by atoms with van der Waals surface area (Å²) in [6.45, 7) is -0.261. The Hall–Kier alpha value is -2.64. The quantitative estimate of drug-likeness (QED) is 0.568. The van der Waals surface area contributed by atoms with Crippen molar-refractivity contribution in [1.82, 2.24) is 10.6 Å². The van der Waals surface area contributed by atoms with Gasteiger partial charge in [0, 0.05) is 35.0 Å². The fraction of sp³-hybridized carbons (Fsp3) is 0.348. The Bertz CT molecular complexity index is 1060. The van der Waals surface area contributed by atoms with Crippen LogP contribution in [0.4, 0.5) is 4.39 Å². The van der Waals surface area contributed by atoms with Gasteiger partial charge in [0.05, 0.1) is 5.02 Å². The Morgan fingerprint density at radius 3 is 2.50 bits per heavy atom. The molecule has 2 fully saturated rings. The summed E-state index contributed by atoms with van der Waals surface area (Å²) in [6, 6.07) is 10.6. The number of hydrogen-bond acceptors (Lipinski definition) is 4. The van der Waals surface area contributed by atoms with Crippen molar-refractivity contribution >= 4 is 40.8 Å². The largest absolute Gasteiger partial charge is 0.484 e. The fourth-order valence-corrected chi connectivity index (χ4v) is 4.60. The highest BCUT2D eigenvalue weighted by Crippen LogP contribution is 2.53. The molecule has 0 bridgehead atoms. The van der Waals surface area contributed by atoms with Crippen LogP contribution < -0.4 is 15.4 Å². The Balaban J connectivity index is 1.23. The van der Waals surface area contributed by atoms with E-state index in [1.165, 1.54) is 12.1 Å². The maximum Gasteiger partial charge on any atom is 0.288 e. The first-order chi connectivity index (χ1) is 15.3. The maximum atomic E-state index is 13.4. The van der Waals surface area contributed by atoms with Crippen LogP contribution in [0.1, 0.15) is 24.8 Å². The second kappa shape index (κ2) is 9.08. The van der Waals surface area contributed by atoms with Gasteiger partial charge >= 0.3 is 0 Å². The second-order valence-corrected chi connectivity index (χ2v) is 9.07. The highest BCUT2D eigenvalue weighted by molar-refractivity contribution is 6.37. The predicted octanol–water partition coefficient (Wildman–Crippen LogP) is 3.48. The number of carbonyl (C=O) groups excluding carboxylic acids is 3. The van der Waals surface area contributed by atoms with E-state index in [0.717, 1.165) is 24.5 Å². The average molecular weight is 479 g/mol. The molecule has 6 nitrogen and oxygen atoms in total. The second-order valence-electron chi connectivity index (χ2n) is 8.22. The molecule has 0 aliphatic heterocycles. The van der Waals surface area contributed by atoms with Gasteiger partial charge in [0.15, 0.2) is 6.61 Å². The molecule has 2 saturated carbocycles. The molecule has 0 spiro atoms. The molecule has 2 aliphatic carbocycles. The Morgan fingerprint density at radius 2 is 1.88 bits per heavy atom. The first kappa shape index (κ1) is 22.6. The molecule has 3 atom stereocenters. The highest BCUT2D eigenvalue weighted by atomic mass is 35.5. The Morgan fingerprint density at radius 1 is 1.12 bits per heavy atom. The van der Waals surface area contributed by atoms with E-state index in [1.807, 2.05) is 0 Å². The van der Waals surface area contributed by atoms with Gasteiger partial charge in [-0.05, 0) is 49.1 Å². The van der Waals surface area contributed by atoms with E-state index in [2.05, 4.69) is 10.6 Å². The topological polar surface area (TPSA) is 84.5 Å². The molecule has 0 radical (unpaired) electrons. The maximum absolute atomic E-state index is 13.4. The predicted molar refractivity (Wildman–Crippen MR) is 117 cm³/mol. The number of fused-ring (bicyclic) bond motifs is 1. The number of nitrogens with one attached hydrogen (secondary N) is 2. The van der Waals surface area contributed by atoms with Gasteiger partial charge in [0.2, 0.25) is 5.78 Å². The minimum Gasteiger partial charge on any atom is -0.484 e. The van der Waals surface area contributed by atoms with Crippen molar-refractivity contribution < 1.29 is 23.5 Å². The van der Waals surface area contributed by atoms with Crippen LogP contribution in [0.25, 0.3) is 0 Å². The molecular weight excluding hydrogens is 458 g/mol. The summed E-state index contributed by atoms with van der Waals surface area (Å²) in [5, 5.41) is 6.31. The third kappa shape index (κ3) is 4.74. The fourth-order valence-electron chi connectivity index (χ4n) is 4.36. The molecule has 9 heteroatoms. The zero-order valence-electron chi connectivity index (χ0n) is 17.0. The number of halogens is 3. The van der Waals surface area contributed by atoms with E-state index < -0.39 is 23.0 Å². The van der Waals surface area contributed by atoms with E-state index in [1.54, 1.807) is 24.3 Å². The molecule has 0 saturated heterocycles. The lowest BCUT2D eigenvalue weighted by atomic mass is 9.50.